The van der Waals surface area contributed by atoms with Gasteiger partial charge in [-0.3, -0.25) is 0 Å². The van der Waals surface area contributed by atoms with Crippen molar-refractivity contribution in [3.05, 3.63) is 29.8 Å². The fraction of sp³-hybridized carbons (Fsp3) is 0.538. The molecule has 0 spiro atoms. The Balaban J connectivity index is 2.55. The first-order chi connectivity index (χ1) is 8.17. The summed E-state index contributed by atoms with van der Waals surface area (Å²) in [6, 6.07) is 7.55. The van der Waals surface area contributed by atoms with Crippen LogP contribution in [0.4, 0.5) is 0 Å². The number of hydrogen-bond acceptors (Lipinski definition) is 4. The molecule has 96 valence electrons. The van der Waals surface area contributed by atoms with Crippen molar-refractivity contribution >= 4 is 0 Å². The van der Waals surface area contributed by atoms with Crippen molar-refractivity contribution in [1.29, 1.82) is 0 Å². The van der Waals surface area contributed by atoms with Crippen LogP contribution in [0.3, 0.4) is 0 Å². The number of methoxy groups -OCH3 is 1. The van der Waals surface area contributed by atoms with E-state index in [1.165, 1.54) is 5.56 Å². The summed E-state index contributed by atoms with van der Waals surface area (Å²) >= 11 is 0. The molecule has 1 aromatic carbocycles. The Morgan fingerprint density at radius 2 is 1.94 bits per heavy atom. The van der Waals surface area contributed by atoms with Gasteiger partial charge in [-0.15, -0.1) is 0 Å². The van der Waals surface area contributed by atoms with Crippen LogP contribution in [0.1, 0.15) is 12.5 Å². The van der Waals surface area contributed by atoms with E-state index in [1.807, 2.05) is 31.2 Å². The summed E-state index contributed by atoms with van der Waals surface area (Å²) in [5.41, 5.74) is 6.88. The third kappa shape index (κ3) is 4.73. The highest BCUT2D eigenvalue weighted by Crippen LogP contribution is 2.15. The van der Waals surface area contributed by atoms with Crippen molar-refractivity contribution in [1.82, 2.24) is 0 Å². The molecule has 0 bridgehead atoms. The Morgan fingerprint density at radius 3 is 2.41 bits per heavy atom. The lowest BCUT2D eigenvalue weighted by atomic mass is 10.1. The first-order valence-corrected chi connectivity index (χ1v) is 5.78. The van der Waals surface area contributed by atoms with Gasteiger partial charge in [0.25, 0.3) is 0 Å². The number of benzene rings is 1. The zero-order valence-electron chi connectivity index (χ0n) is 10.4. The molecule has 0 aromatic heterocycles. The smallest absolute Gasteiger partial charge is 0.136 e. The molecule has 4 heteroatoms. The molecular formula is C13H21NO3. The summed E-state index contributed by atoms with van der Waals surface area (Å²) < 4.78 is 10.6. The summed E-state index contributed by atoms with van der Waals surface area (Å²) in [7, 11) is 1.69. The first kappa shape index (κ1) is 14.0. The van der Waals surface area contributed by atoms with Crippen molar-refractivity contribution in [2.45, 2.75) is 25.5 Å². The van der Waals surface area contributed by atoms with E-state index in [-0.39, 0.29) is 18.8 Å². The van der Waals surface area contributed by atoms with Crippen LogP contribution in [0.5, 0.6) is 5.75 Å². The van der Waals surface area contributed by atoms with E-state index < -0.39 is 0 Å². The van der Waals surface area contributed by atoms with Crippen LogP contribution in [-0.2, 0) is 11.2 Å². The molecule has 0 radical (unpaired) electrons. The second-order valence-electron chi connectivity index (χ2n) is 4.08. The highest BCUT2D eigenvalue weighted by molar-refractivity contribution is 5.27. The van der Waals surface area contributed by atoms with Gasteiger partial charge >= 0.3 is 0 Å². The van der Waals surface area contributed by atoms with Crippen molar-refractivity contribution in [3.8, 4) is 5.75 Å². The van der Waals surface area contributed by atoms with Crippen LogP contribution in [0, 0.1) is 0 Å². The van der Waals surface area contributed by atoms with Crippen LogP contribution >= 0.6 is 0 Å². The molecule has 4 nitrogen and oxygen atoms in total. The van der Waals surface area contributed by atoms with Crippen LogP contribution in [-0.4, -0.2) is 37.6 Å². The molecule has 1 aromatic rings. The number of nitrogens with two attached hydrogens (primary N) is 1. The molecule has 0 saturated carbocycles. The van der Waals surface area contributed by atoms with Crippen molar-refractivity contribution < 1.29 is 14.6 Å². The van der Waals surface area contributed by atoms with Gasteiger partial charge in [0.1, 0.15) is 11.9 Å². The molecule has 0 saturated heterocycles. The highest BCUT2D eigenvalue weighted by atomic mass is 16.5. The van der Waals surface area contributed by atoms with Gasteiger partial charge in [0.15, 0.2) is 0 Å². The number of aliphatic hydroxyl groups excluding tert-OH is 1. The second-order valence-corrected chi connectivity index (χ2v) is 4.08. The first-order valence-electron chi connectivity index (χ1n) is 5.78. The molecular weight excluding hydrogens is 218 g/mol. The fourth-order valence-corrected chi connectivity index (χ4v) is 1.44. The molecule has 3 N–H and O–H groups in total. The summed E-state index contributed by atoms with van der Waals surface area (Å²) in [6.45, 7) is 2.44. The minimum atomic E-state index is -0.361. The molecule has 17 heavy (non-hydrogen) atoms. The zero-order valence-corrected chi connectivity index (χ0v) is 10.4. The van der Waals surface area contributed by atoms with E-state index in [9.17, 15) is 0 Å². The maximum absolute atomic E-state index is 9.11. The van der Waals surface area contributed by atoms with Gasteiger partial charge in [0.2, 0.25) is 0 Å². The van der Waals surface area contributed by atoms with E-state index in [0.29, 0.717) is 6.61 Å². The monoisotopic (exact) mass is 239 g/mol. The maximum atomic E-state index is 9.11. The Labute approximate surface area is 102 Å². The lowest BCUT2D eigenvalue weighted by Gasteiger charge is -2.20. The van der Waals surface area contributed by atoms with Crippen LogP contribution in [0.25, 0.3) is 0 Å². The standard InChI is InChI=1S/C13H21NO3/c1-10(14)13(9-15)17-12-5-3-11(4-6-12)7-8-16-2/h3-6,10,13,15H,7-9,14H2,1-2H3. The minimum Gasteiger partial charge on any atom is -0.486 e. The van der Waals surface area contributed by atoms with Crippen LogP contribution in [0.2, 0.25) is 0 Å². The average Bonchev–Trinajstić information content (AvgIpc) is 2.34. The van der Waals surface area contributed by atoms with Gasteiger partial charge in [-0.25, -0.2) is 0 Å². The molecule has 0 fully saturated rings. The number of rotatable bonds is 7. The fourth-order valence-electron chi connectivity index (χ4n) is 1.44. The van der Waals surface area contributed by atoms with E-state index in [1.54, 1.807) is 7.11 Å². The summed E-state index contributed by atoms with van der Waals surface area (Å²) in [6.07, 6.45) is 0.521. The Kier molecular flexibility index (Phi) is 5.97. The predicted molar refractivity (Wildman–Crippen MR) is 67.2 cm³/mol. The van der Waals surface area contributed by atoms with E-state index in [0.717, 1.165) is 12.2 Å². The number of aliphatic hydroxyl groups is 1. The SMILES string of the molecule is COCCc1ccc(OC(CO)C(C)N)cc1. The zero-order chi connectivity index (χ0) is 12.7. The van der Waals surface area contributed by atoms with Gasteiger partial charge in [-0.1, -0.05) is 12.1 Å². The van der Waals surface area contributed by atoms with Crippen molar-refractivity contribution in [3.63, 3.8) is 0 Å². The van der Waals surface area contributed by atoms with Crippen LogP contribution in [0.15, 0.2) is 24.3 Å². The topological polar surface area (TPSA) is 64.7 Å². The Hall–Kier alpha value is -1.10. The molecule has 0 aliphatic rings. The lowest BCUT2D eigenvalue weighted by molar-refractivity contribution is 0.0991. The molecule has 0 amide bonds. The Morgan fingerprint density at radius 1 is 1.29 bits per heavy atom. The summed E-state index contributed by atoms with van der Waals surface area (Å²) in [4.78, 5) is 0. The predicted octanol–water partition coefficient (Wildman–Crippen LogP) is 0.962. The quantitative estimate of drug-likeness (QED) is 0.744. The van der Waals surface area contributed by atoms with Gasteiger partial charge < -0.3 is 20.3 Å². The summed E-state index contributed by atoms with van der Waals surface area (Å²) in [5, 5.41) is 9.11. The normalized spacial score (nSPS) is 14.4. The molecule has 2 atom stereocenters. The largest absolute Gasteiger partial charge is 0.486 e. The molecule has 1 rings (SSSR count). The lowest BCUT2D eigenvalue weighted by Crippen LogP contribution is -2.39. The van der Waals surface area contributed by atoms with Crippen molar-refractivity contribution in [2.24, 2.45) is 5.73 Å². The number of ether oxygens (including phenoxy) is 2. The minimum absolute atomic E-state index is 0.0803. The average molecular weight is 239 g/mol. The third-order valence-electron chi connectivity index (χ3n) is 2.57. The van der Waals surface area contributed by atoms with Gasteiger partial charge in [0, 0.05) is 13.2 Å². The molecule has 0 aliphatic carbocycles. The highest BCUT2D eigenvalue weighted by Gasteiger charge is 2.13. The molecule has 0 aliphatic heterocycles. The molecule has 2 unspecified atom stereocenters. The maximum Gasteiger partial charge on any atom is 0.136 e. The Bertz CT molecular complexity index is 311. The van der Waals surface area contributed by atoms with E-state index in [4.69, 9.17) is 20.3 Å². The van der Waals surface area contributed by atoms with Gasteiger partial charge in [-0.05, 0) is 31.0 Å². The summed E-state index contributed by atoms with van der Waals surface area (Å²) in [5.74, 6) is 0.725. The van der Waals surface area contributed by atoms with Gasteiger partial charge in [0.05, 0.1) is 13.2 Å². The third-order valence-corrected chi connectivity index (χ3v) is 2.57. The second kappa shape index (κ2) is 7.27. The molecule has 0 heterocycles. The van der Waals surface area contributed by atoms with E-state index >= 15 is 0 Å². The van der Waals surface area contributed by atoms with Gasteiger partial charge in [-0.2, -0.15) is 0 Å². The van der Waals surface area contributed by atoms with Crippen molar-refractivity contribution in [2.75, 3.05) is 20.3 Å². The van der Waals surface area contributed by atoms with E-state index in [2.05, 4.69) is 0 Å². The van der Waals surface area contributed by atoms with Crippen LogP contribution < -0.4 is 10.5 Å². The number of hydrogen-bond donors (Lipinski definition) is 2.